The summed E-state index contributed by atoms with van der Waals surface area (Å²) < 4.78 is 0. The van der Waals surface area contributed by atoms with Crippen LogP contribution in [0.3, 0.4) is 0 Å². The molecule has 21 heavy (non-hydrogen) atoms. The Morgan fingerprint density at radius 2 is 2.00 bits per heavy atom. The molecule has 5 heteroatoms. The zero-order chi connectivity index (χ0) is 15.2. The van der Waals surface area contributed by atoms with Crippen molar-refractivity contribution in [2.75, 3.05) is 19.6 Å². The SMILES string of the molecule is NCC#Cc1ccc(C(=O)N2CCCC(C(N)=O)C2)cc1. The van der Waals surface area contributed by atoms with Gasteiger partial charge in [0.25, 0.3) is 5.91 Å². The van der Waals surface area contributed by atoms with Crippen molar-refractivity contribution in [3.8, 4) is 11.8 Å². The number of amides is 2. The average Bonchev–Trinajstić information content (AvgIpc) is 2.53. The second kappa shape index (κ2) is 6.91. The summed E-state index contributed by atoms with van der Waals surface area (Å²) in [5.74, 6) is 5.03. The van der Waals surface area contributed by atoms with E-state index in [1.54, 1.807) is 29.2 Å². The topological polar surface area (TPSA) is 89.4 Å². The van der Waals surface area contributed by atoms with Crippen LogP contribution in [0.25, 0.3) is 0 Å². The fourth-order valence-corrected chi connectivity index (χ4v) is 2.43. The normalized spacial score (nSPS) is 17.8. The largest absolute Gasteiger partial charge is 0.369 e. The lowest BCUT2D eigenvalue weighted by atomic mass is 9.97. The zero-order valence-corrected chi connectivity index (χ0v) is 11.8. The summed E-state index contributed by atoms with van der Waals surface area (Å²) in [6.45, 7) is 1.38. The predicted molar refractivity (Wildman–Crippen MR) is 80.2 cm³/mol. The van der Waals surface area contributed by atoms with Crippen LogP contribution < -0.4 is 11.5 Å². The molecule has 2 rings (SSSR count). The van der Waals surface area contributed by atoms with Crippen LogP contribution >= 0.6 is 0 Å². The van der Waals surface area contributed by atoms with Gasteiger partial charge in [0.15, 0.2) is 0 Å². The van der Waals surface area contributed by atoms with Crippen LogP contribution in [0.4, 0.5) is 0 Å². The van der Waals surface area contributed by atoms with E-state index in [0.29, 0.717) is 25.2 Å². The van der Waals surface area contributed by atoms with Crippen LogP contribution in [-0.2, 0) is 4.79 Å². The highest BCUT2D eigenvalue weighted by Crippen LogP contribution is 2.18. The van der Waals surface area contributed by atoms with Gasteiger partial charge in [-0.15, -0.1) is 0 Å². The maximum Gasteiger partial charge on any atom is 0.253 e. The number of hydrogen-bond acceptors (Lipinski definition) is 3. The Morgan fingerprint density at radius 1 is 1.29 bits per heavy atom. The van der Waals surface area contributed by atoms with Gasteiger partial charge in [-0.3, -0.25) is 9.59 Å². The van der Waals surface area contributed by atoms with Crippen molar-refractivity contribution in [1.82, 2.24) is 4.90 Å². The summed E-state index contributed by atoms with van der Waals surface area (Å²) in [4.78, 5) is 25.4. The quantitative estimate of drug-likeness (QED) is 0.768. The number of benzene rings is 1. The van der Waals surface area contributed by atoms with E-state index in [1.165, 1.54) is 0 Å². The van der Waals surface area contributed by atoms with Gasteiger partial charge < -0.3 is 16.4 Å². The third-order valence-electron chi connectivity index (χ3n) is 3.58. The van der Waals surface area contributed by atoms with E-state index >= 15 is 0 Å². The van der Waals surface area contributed by atoms with Gasteiger partial charge in [-0.05, 0) is 37.1 Å². The van der Waals surface area contributed by atoms with Gasteiger partial charge in [0, 0.05) is 24.2 Å². The molecule has 1 aliphatic rings. The first-order chi connectivity index (χ1) is 10.1. The van der Waals surface area contributed by atoms with Gasteiger partial charge in [0.05, 0.1) is 12.5 Å². The molecular formula is C16H19N3O2. The van der Waals surface area contributed by atoms with E-state index in [9.17, 15) is 9.59 Å². The van der Waals surface area contributed by atoms with Crippen molar-refractivity contribution in [3.63, 3.8) is 0 Å². The van der Waals surface area contributed by atoms with Crippen molar-refractivity contribution in [3.05, 3.63) is 35.4 Å². The van der Waals surface area contributed by atoms with Crippen molar-refractivity contribution in [2.24, 2.45) is 17.4 Å². The number of likely N-dealkylation sites (tertiary alicyclic amines) is 1. The van der Waals surface area contributed by atoms with E-state index in [0.717, 1.165) is 18.4 Å². The molecule has 1 aliphatic heterocycles. The zero-order valence-electron chi connectivity index (χ0n) is 11.8. The summed E-state index contributed by atoms with van der Waals surface area (Å²) in [5, 5.41) is 0. The molecule has 1 aromatic rings. The highest BCUT2D eigenvalue weighted by atomic mass is 16.2. The van der Waals surface area contributed by atoms with Gasteiger partial charge in [-0.1, -0.05) is 11.8 Å². The lowest BCUT2D eigenvalue weighted by molar-refractivity contribution is -0.123. The van der Waals surface area contributed by atoms with Gasteiger partial charge in [-0.25, -0.2) is 0 Å². The summed E-state index contributed by atoms with van der Waals surface area (Å²) in [5.41, 5.74) is 12.1. The number of nitrogens with two attached hydrogens (primary N) is 2. The molecule has 1 heterocycles. The first kappa shape index (κ1) is 15.1. The Hall–Kier alpha value is -2.32. The lowest BCUT2D eigenvalue weighted by Crippen LogP contribution is -2.44. The van der Waals surface area contributed by atoms with Gasteiger partial charge >= 0.3 is 0 Å². The molecule has 2 amide bonds. The lowest BCUT2D eigenvalue weighted by Gasteiger charge is -2.31. The average molecular weight is 285 g/mol. The third kappa shape index (κ3) is 3.83. The van der Waals surface area contributed by atoms with Crippen molar-refractivity contribution < 1.29 is 9.59 Å². The van der Waals surface area contributed by atoms with E-state index in [-0.39, 0.29) is 17.7 Å². The maximum atomic E-state index is 12.4. The number of carbonyl (C=O) groups excluding carboxylic acids is 2. The van der Waals surface area contributed by atoms with Crippen LogP contribution in [0.15, 0.2) is 24.3 Å². The molecule has 4 N–H and O–H groups in total. The standard InChI is InChI=1S/C16H19N3O2/c17-9-1-3-12-5-7-13(8-6-12)16(21)19-10-2-4-14(11-19)15(18)20/h5-8,14H,2,4,9-11,17H2,(H2,18,20). The number of hydrogen-bond donors (Lipinski definition) is 2. The number of carbonyl (C=O) groups is 2. The smallest absolute Gasteiger partial charge is 0.253 e. The second-order valence-electron chi connectivity index (χ2n) is 5.08. The molecule has 0 bridgehead atoms. The molecule has 110 valence electrons. The number of rotatable bonds is 2. The van der Waals surface area contributed by atoms with E-state index < -0.39 is 0 Å². The summed E-state index contributed by atoms with van der Waals surface area (Å²) >= 11 is 0. The maximum absolute atomic E-state index is 12.4. The molecule has 0 saturated carbocycles. The summed E-state index contributed by atoms with van der Waals surface area (Å²) in [7, 11) is 0. The first-order valence-electron chi connectivity index (χ1n) is 6.99. The van der Waals surface area contributed by atoms with Gasteiger partial charge in [-0.2, -0.15) is 0 Å². The highest BCUT2D eigenvalue weighted by Gasteiger charge is 2.27. The second-order valence-corrected chi connectivity index (χ2v) is 5.08. The summed E-state index contributed by atoms with van der Waals surface area (Å²) in [6.07, 6.45) is 1.56. The molecule has 5 nitrogen and oxygen atoms in total. The molecule has 1 saturated heterocycles. The predicted octanol–water partition coefficient (Wildman–Crippen LogP) is 0.334. The number of nitrogens with zero attached hydrogens (tertiary/aromatic N) is 1. The Labute approximate surface area is 124 Å². The Bertz CT molecular complexity index is 584. The van der Waals surface area contributed by atoms with Crippen LogP contribution in [-0.4, -0.2) is 36.3 Å². The fourth-order valence-electron chi connectivity index (χ4n) is 2.43. The molecule has 1 unspecified atom stereocenters. The van der Waals surface area contributed by atoms with Crippen LogP contribution in [0, 0.1) is 17.8 Å². The summed E-state index contributed by atoms with van der Waals surface area (Å²) in [6, 6.07) is 7.09. The first-order valence-corrected chi connectivity index (χ1v) is 6.99. The van der Waals surface area contributed by atoms with Crippen molar-refractivity contribution in [2.45, 2.75) is 12.8 Å². The minimum absolute atomic E-state index is 0.0701. The van der Waals surface area contributed by atoms with E-state index in [1.807, 2.05) is 0 Å². The van der Waals surface area contributed by atoms with Crippen molar-refractivity contribution >= 4 is 11.8 Å². The van der Waals surface area contributed by atoms with Crippen LogP contribution in [0.2, 0.25) is 0 Å². The molecule has 0 radical (unpaired) electrons. The van der Waals surface area contributed by atoms with Crippen LogP contribution in [0.5, 0.6) is 0 Å². The highest BCUT2D eigenvalue weighted by molar-refractivity contribution is 5.94. The number of primary amides is 1. The van der Waals surface area contributed by atoms with E-state index in [4.69, 9.17) is 11.5 Å². The molecule has 1 fully saturated rings. The Balaban J connectivity index is 2.07. The molecule has 0 aliphatic carbocycles. The molecule has 1 aromatic carbocycles. The van der Waals surface area contributed by atoms with Gasteiger partial charge in [0.2, 0.25) is 5.91 Å². The minimum atomic E-state index is -0.333. The fraction of sp³-hybridized carbons (Fsp3) is 0.375. The van der Waals surface area contributed by atoms with Gasteiger partial charge in [0.1, 0.15) is 0 Å². The van der Waals surface area contributed by atoms with Crippen LogP contribution in [0.1, 0.15) is 28.8 Å². The molecular weight excluding hydrogens is 266 g/mol. The minimum Gasteiger partial charge on any atom is -0.369 e. The molecule has 0 aromatic heterocycles. The number of piperidine rings is 1. The molecule has 0 spiro atoms. The monoisotopic (exact) mass is 285 g/mol. The van der Waals surface area contributed by atoms with E-state index in [2.05, 4.69) is 11.8 Å². The third-order valence-corrected chi connectivity index (χ3v) is 3.58. The van der Waals surface area contributed by atoms with Crippen molar-refractivity contribution in [1.29, 1.82) is 0 Å². The molecule has 1 atom stereocenters. The Morgan fingerprint density at radius 3 is 2.62 bits per heavy atom. The Kier molecular flexibility index (Phi) is 4.96.